The lowest BCUT2D eigenvalue weighted by Crippen LogP contribution is -2.27. The van der Waals surface area contributed by atoms with Crippen LogP contribution in [0.1, 0.15) is 11.3 Å². The molecule has 9 heteroatoms. The van der Waals surface area contributed by atoms with Crippen molar-refractivity contribution in [3.63, 3.8) is 0 Å². The highest BCUT2D eigenvalue weighted by Crippen LogP contribution is 2.27. The highest BCUT2D eigenvalue weighted by atomic mass is 79.9. The van der Waals surface area contributed by atoms with Gasteiger partial charge in [0.05, 0.1) is 0 Å². The minimum Gasteiger partial charge on any atom is -0.350 e. The molecule has 2 aromatic rings. The zero-order chi connectivity index (χ0) is 16.3. The third kappa shape index (κ3) is 4.30. The Morgan fingerprint density at radius 3 is 2.68 bits per heavy atom. The Morgan fingerprint density at radius 1 is 1.32 bits per heavy atom. The highest BCUT2D eigenvalue weighted by molar-refractivity contribution is 9.10. The molecule has 0 aliphatic heterocycles. The number of alkyl halides is 3. The van der Waals surface area contributed by atoms with Crippen molar-refractivity contribution < 1.29 is 22.4 Å². The van der Waals surface area contributed by atoms with E-state index in [0.717, 1.165) is 16.9 Å². The first-order chi connectivity index (χ1) is 10.3. The molecule has 118 valence electrons. The van der Waals surface area contributed by atoms with E-state index in [1.807, 2.05) is 0 Å². The molecule has 2 rings (SSSR count). The lowest BCUT2D eigenvalue weighted by Gasteiger charge is -2.08. The third-order valence-electron chi connectivity index (χ3n) is 2.72. The van der Waals surface area contributed by atoms with Crippen molar-refractivity contribution in [2.75, 3.05) is 0 Å². The van der Waals surface area contributed by atoms with Crippen molar-refractivity contribution in [2.24, 2.45) is 0 Å². The van der Waals surface area contributed by atoms with E-state index < -0.39 is 23.6 Å². The summed E-state index contributed by atoms with van der Waals surface area (Å²) in [6.07, 6.45) is -3.48. The van der Waals surface area contributed by atoms with Crippen molar-refractivity contribution in [1.82, 2.24) is 15.1 Å². The molecule has 0 atom stereocenters. The predicted molar refractivity (Wildman–Crippen MR) is 73.2 cm³/mol. The van der Waals surface area contributed by atoms with Gasteiger partial charge in [-0.25, -0.2) is 4.39 Å². The molecule has 1 aromatic heterocycles. The second-order valence-electron chi connectivity index (χ2n) is 4.41. The fourth-order valence-electron chi connectivity index (χ4n) is 1.68. The summed E-state index contributed by atoms with van der Waals surface area (Å²) >= 11 is 3.21. The molecule has 1 heterocycles. The first-order valence-electron chi connectivity index (χ1n) is 6.07. The highest BCUT2D eigenvalue weighted by Gasteiger charge is 2.33. The van der Waals surface area contributed by atoms with Crippen LogP contribution in [-0.2, 0) is 24.1 Å². The number of halogens is 5. The molecule has 1 N–H and O–H groups in total. The van der Waals surface area contributed by atoms with Gasteiger partial charge in [0.25, 0.3) is 0 Å². The van der Waals surface area contributed by atoms with Crippen LogP contribution < -0.4 is 5.32 Å². The normalized spacial score (nSPS) is 11.5. The second kappa shape index (κ2) is 6.47. The van der Waals surface area contributed by atoms with Crippen LogP contribution in [0.2, 0.25) is 0 Å². The van der Waals surface area contributed by atoms with Gasteiger partial charge < -0.3 is 5.32 Å². The van der Waals surface area contributed by atoms with E-state index in [4.69, 9.17) is 0 Å². The summed E-state index contributed by atoms with van der Waals surface area (Å²) < 4.78 is 51.7. The maximum absolute atomic E-state index is 13.1. The molecule has 0 aliphatic rings. The summed E-state index contributed by atoms with van der Waals surface area (Å²) in [6.45, 7) is -0.312. The molecule has 0 unspecified atom stereocenters. The summed E-state index contributed by atoms with van der Waals surface area (Å²) in [6, 6.07) is 4.80. The van der Waals surface area contributed by atoms with Crippen molar-refractivity contribution in [1.29, 1.82) is 0 Å². The lowest BCUT2D eigenvalue weighted by molar-refractivity contribution is -0.141. The quantitative estimate of drug-likeness (QED) is 0.829. The number of carbonyl (C=O) groups excluding carboxylic acids is 1. The van der Waals surface area contributed by atoms with Crippen molar-refractivity contribution in [3.8, 4) is 0 Å². The van der Waals surface area contributed by atoms with Gasteiger partial charge >= 0.3 is 6.18 Å². The summed E-state index contributed by atoms with van der Waals surface area (Å²) in [5.74, 6) is -0.984. The molecule has 4 nitrogen and oxygen atoms in total. The summed E-state index contributed by atoms with van der Waals surface area (Å²) in [5.41, 5.74) is -0.544. The Morgan fingerprint density at radius 2 is 2.05 bits per heavy atom. The monoisotopic (exact) mass is 379 g/mol. The molecule has 0 fully saturated rings. The number of carbonyl (C=O) groups is 1. The van der Waals surface area contributed by atoms with E-state index in [1.165, 1.54) is 18.2 Å². The number of aromatic nitrogens is 2. The minimum absolute atomic E-state index is 0.0462. The third-order valence-corrected chi connectivity index (χ3v) is 3.49. The Balaban J connectivity index is 1.93. The largest absolute Gasteiger partial charge is 0.435 e. The Bertz CT molecular complexity index is 684. The smallest absolute Gasteiger partial charge is 0.350 e. The van der Waals surface area contributed by atoms with Gasteiger partial charge in [-0.3, -0.25) is 9.48 Å². The van der Waals surface area contributed by atoms with Gasteiger partial charge in [-0.15, -0.1) is 0 Å². The predicted octanol–water partition coefficient (Wildman–Crippen LogP) is 3.12. The van der Waals surface area contributed by atoms with Crippen molar-refractivity contribution in [2.45, 2.75) is 19.3 Å². The maximum Gasteiger partial charge on any atom is 0.435 e. The van der Waals surface area contributed by atoms with Crippen LogP contribution in [0.15, 0.2) is 34.9 Å². The fourth-order valence-corrected chi connectivity index (χ4v) is 2.06. The molecule has 0 saturated carbocycles. The van der Waals surface area contributed by atoms with E-state index in [9.17, 15) is 22.4 Å². The molecule has 1 aromatic carbocycles. The lowest BCUT2D eigenvalue weighted by atomic mass is 10.2. The zero-order valence-corrected chi connectivity index (χ0v) is 12.6. The molecule has 1 amide bonds. The van der Waals surface area contributed by atoms with Gasteiger partial charge in [0.2, 0.25) is 5.91 Å². The number of benzene rings is 1. The van der Waals surface area contributed by atoms with Crippen molar-refractivity contribution >= 4 is 21.8 Å². The Hall–Kier alpha value is -1.90. The van der Waals surface area contributed by atoms with Crippen LogP contribution in [0.4, 0.5) is 17.6 Å². The van der Waals surface area contributed by atoms with E-state index in [1.54, 1.807) is 0 Å². The summed E-state index contributed by atoms with van der Waals surface area (Å²) in [4.78, 5) is 11.7. The van der Waals surface area contributed by atoms with Gasteiger partial charge in [0, 0.05) is 17.2 Å². The number of amides is 1. The van der Waals surface area contributed by atoms with E-state index in [0.29, 0.717) is 10.0 Å². The fraction of sp³-hybridized carbons (Fsp3) is 0.231. The summed E-state index contributed by atoms with van der Waals surface area (Å²) in [5, 5.41) is 5.76. The minimum atomic E-state index is -4.55. The van der Waals surface area contributed by atoms with E-state index >= 15 is 0 Å². The number of hydrogen-bond acceptors (Lipinski definition) is 2. The van der Waals surface area contributed by atoms with Crippen LogP contribution >= 0.6 is 15.9 Å². The summed E-state index contributed by atoms with van der Waals surface area (Å²) in [7, 11) is 0. The van der Waals surface area contributed by atoms with Gasteiger partial charge in [-0.05, 0) is 29.8 Å². The van der Waals surface area contributed by atoms with Crippen molar-refractivity contribution in [3.05, 3.63) is 52.0 Å². The Labute approximate surface area is 131 Å². The van der Waals surface area contributed by atoms with E-state index in [-0.39, 0.29) is 13.1 Å². The van der Waals surface area contributed by atoms with Crippen LogP contribution in [0.5, 0.6) is 0 Å². The van der Waals surface area contributed by atoms with Gasteiger partial charge in [-0.2, -0.15) is 18.3 Å². The topological polar surface area (TPSA) is 46.9 Å². The number of hydrogen-bond donors (Lipinski definition) is 1. The maximum atomic E-state index is 13.1. The first kappa shape index (κ1) is 16.5. The second-order valence-corrected chi connectivity index (χ2v) is 5.26. The molecule has 0 bridgehead atoms. The molecule has 22 heavy (non-hydrogen) atoms. The van der Waals surface area contributed by atoms with Gasteiger partial charge in [0.15, 0.2) is 5.69 Å². The molecular formula is C13H10BrF4N3O. The van der Waals surface area contributed by atoms with Crippen LogP contribution in [-0.4, -0.2) is 15.7 Å². The van der Waals surface area contributed by atoms with Gasteiger partial charge in [0.1, 0.15) is 12.4 Å². The number of rotatable bonds is 4. The van der Waals surface area contributed by atoms with Crippen LogP contribution in [0, 0.1) is 5.82 Å². The molecular weight excluding hydrogens is 370 g/mol. The standard InChI is InChI=1S/C13H10BrF4N3O/c14-10-2-1-9(15)5-8(10)6-19-12(22)7-21-4-3-11(20-21)13(16,17)18/h1-5H,6-7H2,(H,19,22). The Kier molecular flexibility index (Phi) is 4.84. The molecule has 0 saturated heterocycles. The van der Waals surface area contributed by atoms with E-state index in [2.05, 4.69) is 26.3 Å². The number of nitrogens with one attached hydrogen (secondary N) is 1. The van der Waals surface area contributed by atoms with Crippen LogP contribution in [0.3, 0.4) is 0 Å². The molecule has 0 aliphatic carbocycles. The van der Waals surface area contributed by atoms with Crippen LogP contribution in [0.25, 0.3) is 0 Å². The van der Waals surface area contributed by atoms with Gasteiger partial charge in [-0.1, -0.05) is 15.9 Å². The average Bonchev–Trinajstić information content (AvgIpc) is 2.88. The molecule has 0 radical (unpaired) electrons. The number of nitrogens with zero attached hydrogens (tertiary/aromatic N) is 2. The first-order valence-corrected chi connectivity index (χ1v) is 6.86. The molecule has 0 spiro atoms. The average molecular weight is 380 g/mol. The zero-order valence-electron chi connectivity index (χ0n) is 11.0. The SMILES string of the molecule is O=C(Cn1ccc(C(F)(F)F)n1)NCc1cc(F)ccc1Br.